The smallest absolute Gasteiger partial charge is 0.152 e. The molecule has 0 fully saturated rings. The van der Waals surface area contributed by atoms with Gasteiger partial charge in [0.15, 0.2) is 5.15 Å². The topological polar surface area (TPSA) is 66.5 Å². The molecule has 0 spiro atoms. The molecule has 0 amide bonds. The molecule has 3 aromatic rings. The number of aromatic nitrogens is 1. The molecule has 3 N–H and O–H groups in total. The van der Waals surface area contributed by atoms with Gasteiger partial charge in [0, 0.05) is 41.3 Å². The number of benzene rings is 2. The number of rotatable bonds is 6. The van der Waals surface area contributed by atoms with Crippen LogP contribution in [0.25, 0.3) is 0 Å². The number of anilines is 2. The highest BCUT2D eigenvalue weighted by molar-refractivity contribution is 6.32. The van der Waals surface area contributed by atoms with Crippen molar-refractivity contribution in [1.29, 1.82) is 0 Å². The lowest BCUT2D eigenvalue weighted by Gasteiger charge is -2.13. The van der Waals surface area contributed by atoms with E-state index in [2.05, 4.69) is 15.2 Å². The number of aliphatic imine (C=N–C) groups is 1. The molecule has 1 aliphatic heterocycles. The molecular weight excluding hydrogens is 425 g/mol. The summed E-state index contributed by atoms with van der Waals surface area (Å²) < 4.78 is 14.6. The fourth-order valence-electron chi connectivity index (χ4n) is 3.73. The van der Waals surface area contributed by atoms with E-state index in [1.54, 1.807) is 12.1 Å². The lowest BCUT2D eigenvalue weighted by molar-refractivity contribution is 0.426. The molecule has 0 radical (unpaired) electrons. The van der Waals surface area contributed by atoms with Crippen molar-refractivity contribution in [3.8, 4) is 0 Å². The summed E-state index contributed by atoms with van der Waals surface area (Å²) in [5.74, 6) is -0.307. The second-order valence-corrected chi connectivity index (χ2v) is 8.30. The molecule has 0 atom stereocenters. The Hall–Kier alpha value is -3.22. The SMILES string of the molecule is Cc1ccc(Nc2cccc(CN=C(C3=C(N)CN(C)C3)c3ccccc3F)c2)c(Cl)n1. The highest BCUT2D eigenvalue weighted by Crippen LogP contribution is 2.25. The molecule has 0 aliphatic carbocycles. The summed E-state index contributed by atoms with van der Waals surface area (Å²) in [7, 11) is 1.99. The molecular formula is C25H25ClFN5. The number of nitrogens with zero attached hydrogens (tertiary/aromatic N) is 3. The van der Waals surface area contributed by atoms with E-state index in [-0.39, 0.29) is 5.82 Å². The van der Waals surface area contributed by atoms with E-state index >= 15 is 0 Å². The number of hydrogen-bond donors (Lipinski definition) is 2. The van der Waals surface area contributed by atoms with Gasteiger partial charge in [-0.3, -0.25) is 9.89 Å². The first kappa shape index (κ1) is 22.0. The Morgan fingerprint density at radius 2 is 1.97 bits per heavy atom. The van der Waals surface area contributed by atoms with Crippen LogP contribution in [0.4, 0.5) is 15.8 Å². The van der Waals surface area contributed by atoms with Crippen molar-refractivity contribution in [3.63, 3.8) is 0 Å². The minimum atomic E-state index is -0.307. The van der Waals surface area contributed by atoms with Crippen LogP contribution in [0.1, 0.15) is 16.8 Å². The Kier molecular flexibility index (Phi) is 6.53. The maximum atomic E-state index is 14.6. The number of aryl methyl sites for hydroxylation is 1. The molecule has 164 valence electrons. The van der Waals surface area contributed by atoms with Gasteiger partial charge in [-0.25, -0.2) is 9.37 Å². The van der Waals surface area contributed by atoms with Crippen molar-refractivity contribution in [1.82, 2.24) is 9.88 Å². The van der Waals surface area contributed by atoms with Crippen LogP contribution in [0.2, 0.25) is 5.15 Å². The fourth-order valence-corrected chi connectivity index (χ4v) is 3.97. The van der Waals surface area contributed by atoms with Gasteiger partial charge in [-0.1, -0.05) is 35.9 Å². The largest absolute Gasteiger partial charge is 0.401 e. The third-order valence-corrected chi connectivity index (χ3v) is 5.57. The summed E-state index contributed by atoms with van der Waals surface area (Å²) in [4.78, 5) is 11.2. The average molecular weight is 450 g/mol. The first-order chi connectivity index (χ1) is 15.4. The lowest BCUT2D eigenvalue weighted by atomic mass is 10.0. The van der Waals surface area contributed by atoms with Crippen LogP contribution in [0.15, 0.2) is 76.9 Å². The monoisotopic (exact) mass is 449 g/mol. The van der Waals surface area contributed by atoms with Gasteiger partial charge in [-0.15, -0.1) is 0 Å². The van der Waals surface area contributed by atoms with Crippen LogP contribution in [0, 0.1) is 12.7 Å². The molecule has 0 unspecified atom stereocenters. The molecule has 0 saturated carbocycles. The summed E-state index contributed by atoms with van der Waals surface area (Å²) in [6.07, 6.45) is 0. The van der Waals surface area contributed by atoms with Gasteiger partial charge in [0.2, 0.25) is 0 Å². The quantitative estimate of drug-likeness (QED) is 0.407. The molecule has 4 rings (SSSR count). The van der Waals surface area contributed by atoms with Gasteiger partial charge >= 0.3 is 0 Å². The predicted octanol–water partition coefficient (Wildman–Crippen LogP) is 5.07. The molecule has 7 heteroatoms. The Bertz CT molecular complexity index is 1200. The van der Waals surface area contributed by atoms with E-state index in [1.165, 1.54) is 6.07 Å². The average Bonchev–Trinajstić information content (AvgIpc) is 3.09. The number of halogens is 2. The summed E-state index contributed by atoms with van der Waals surface area (Å²) >= 11 is 6.25. The van der Waals surface area contributed by atoms with Crippen LogP contribution < -0.4 is 11.1 Å². The van der Waals surface area contributed by atoms with Gasteiger partial charge in [0.1, 0.15) is 5.82 Å². The molecule has 1 aromatic heterocycles. The predicted molar refractivity (Wildman–Crippen MR) is 129 cm³/mol. The van der Waals surface area contributed by atoms with Crippen molar-refractivity contribution in [2.45, 2.75) is 13.5 Å². The Balaban J connectivity index is 1.62. The normalized spacial score (nSPS) is 14.8. The second kappa shape index (κ2) is 9.51. The van der Waals surface area contributed by atoms with Gasteiger partial charge in [0.05, 0.1) is 17.9 Å². The van der Waals surface area contributed by atoms with Crippen LogP contribution in [0.5, 0.6) is 0 Å². The zero-order chi connectivity index (χ0) is 22.7. The first-order valence-corrected chi connectivity index (χ1v) is 10.7. The number of nitrogens with one attached hydrogen (secondary N) is 1. The molecule has 5 nitrogen and oxygen atoms in total. The number of hydrogen-bond acceptors (Lipinski definition) is 5. The van der Waals surface area contributed by atoms with E-state index in [0.29, 0.717) is 36.1 Å². The second-order valence-electron chi connectivity index (χ2n) is 7.94. The van der Waals surface area contributed by atoms with Crippen LogP contribution in [-0.4, -0.2) is 35.7 Å². The van der Waals surface area contributed by atoms with E-state index in [1.807, 2.05) is 56.4 Å². The van der Waals surface area contributed by atoms with Crippen molar-refractivity contribution >= 4 is 28.7 Å². The molecule has 1 aliphatic rings. The van der Waals surface area contributed by atoms with Gasteiger partial charge in [-0.05, 0) is 55.9 Å². The molecule has 2 heterocycles. The number of nitrogens with two attached hydrogens (primary N) is 1. The van der Waals surface area contributed by atoms with Crippen molar-refractivity contribution in [2.24, 2.45) is 10.7 Å². The third-order valence-electron chi connectivity index (χ3n) is 5.28. The Morgan fingerprint density at radius 1 is 1.16 bits per heavy atom. The lowest BCUT2D eigenvalue weighted by Crippen LogP contribution is -2.18. The zero-order valence-electron chi connectivity index (χ0n) is 18.1. The summed E-state index contributed by atoms with van der Waals surface area (Å²) in [5.41, 5.74) is 12.4. The van der Waals surface area contributed by atoms with E-state index in [0.717, 1.165) is 33.9 Å². The summed E-state index contributed by atoms with van der Waals surface area (Å²) in [6, 6.07) is 18.4. The molecule has 2 aromatic carbocycles. The minimum absolute atomic E-state index is 0.307. The van der Waals surface area contributed by atoms with Crippen LogP contribution >= 0.6 is 11.6 Å². The minimum Gasteiger partial charge on any atom is -0.401 e. The fraction of sp³-hybridized carbons (Fsp3) is 0.200. The van der Waals surface area contributed by atoms with Crippen molar-refractivity contribution < 1.29 is 4.39 Å². The third kappa shape index (κ3) is 4.98. The summed E-state index contributed by atoms with van der Waals surface area (Å²) in [6.45, 7) is 3.57. The van der Waals surface area contributed by atoms with Crippen molar-refractivity contribution in [3.05, 3.63) is 99.7 Å². The van der Waals surface area contributed by atoms with Gasteiger partial charge in [0.25, 0.3) is 0 Å². The number of pyridine rings is 1. The highest BCUT2D eigenvalue weighted by atomic mass is 35.5. The van der Waals surface area contributed by atoms with Crippen LogP contribution in [-0.2, 0) is 6.54 Å². The highest BCUT2D eigenvalue weighted by Gasteiger charge is 2.23. The van der Waals surface area contributed by atoms with Gasteiger partial charge in [-0.2, -0.15) is 0 Å². The van der Waals surface area contributed by atoms with Crippen LogP contribution in [0.3, 0.4) is 0 Å². The maximum Gasteiger partial charge on any atom is 0.152 e. The first-order valence-electron chi connectivity index (χ1n) is 10.4. The van der Waals surface area contributed by atoms with E-state index in [4.69, 9.17) is 22.3 Å². The van der Waals surface area contributed by atoms with E-state index in [9.17, 15) is 4.39 Å². The number of likely N-dealkylation sites (N-methyl/N-ethyl adjacent to an activating group) is 1. The molecule has 32 heavy (non-hydrogen) atoms. The van der Waals surface area contributed by atoms with Gasteiger partial charge < -0.3 is 11.1 Å². The Labute approximate surface area is 192 Å². The molecule has 0 saturated heterocycles. The maximum absolute atomic E-state index is 14.6. The standard InChI is InChI=1S/C25H25ClFN5/c1-16-10-11-23(25(26)30-16)31-18-7-5-6-17(12-18)13-29-24(19-8-3-4-9-21(19)27)20-14-32(2)15-22(20)28/h3-12,31H,13-15,28H2,1-2H3. The zero-order valence-corrected chi connectivity index (χ0v) is 18.8. The van der Waals surface area contributed by atoms with Crippen molar-refractivity contribution in [2.75, 3.05) is 25.5 Å². The Morgan fingerprint density at radius 3 is 2.69 bits per heavy atom. The summed E-state index contributed by atoms with van der Waals surface area (Å²) in [5, 5.41) is 3.72. The molecule has 0 bridgehead atoms. The van der Waals surface area contributed by atoms with E-state index < -0.39 is 0 Å².